The highest BCUT2D eigenvalue weighted by Gasteiger charge is 2.09. The molecule has 0 saturated heterocycles. The largest absolute Gasteiger partial charge is 0.376 e. The van der Waals surface area contributed by atoms with Crippen molar-refractivity contribution in [2.45, 2.75) is 13.0 Å². The van der Waals surface area contributed by atoms with Crippen molar-refractivity contribution in [3.05, 3.63) is 70.2 Å². The molecule has 0 N–H and O–H groups in total. The summed E-state index contributed by atoms with van der Waals surface area (Å²) in [5.74, 6) is 0.965. The quantitative estimate of drug-likeness (QED) is 0.632. The summed E-state index contributed by atoms with van der Waals surface area (Å²) in [5, 5.41) is 0. The molecule has 0 aliphatic carbocycles. The maximum Gasteiger partial charge on any atom is 0.0717 e. The first-order chi connectivity index (χ1) is 9.78. The molecule has 3 heteroatoms. The number of ether oxygens (including phenoxy) is 1. The van der Waals surface area contributed by atoms with Crippen LogP contribution < -0.4 is 0 Å². The second-order valence-electron chi connectivity index (χ2n) is 4.85. The van der Waals surface area contributed by atoms with Crippen LogP contribution in [0, 0.1) is 5.92 Å². The number of alkyl halides is 1. The average molecular weight is 354 g/mol. The number of hydrogen-bond acceptors (Lipinski definition) is 1. The van der Waals surface area contributed by atoms with Gasteiger partial charge in [-0.1, -0.05) is 58.4 Å². The summed E-state index contributed by atoms with van der Waals surface area (Å²) >= 11 is 9.49. The van der Waals surface area contributed by atoms with Crippen molar-refractivity contribution in [3.63, 3.8) is 0 Å². The van der Waals surface area contributed by atoms with E-state index in [0.29, 0.717) is 25.0 Å². The highest BCUT2D eigenvalue weighted by Crippen LogP contribution is 2.15. The number of hydrogen-bond donors (Lipinski definition) is 0. The topological polar surface area (TPSA) is 9.23 Å². The van der Waals surface area contributed by atoms with Gasteiger partial charge in [0.05, 0.1) is 13.2 Å². The summed E-state index contributed by atoms with van der Waals surface area (Å²) in [5.41, 5.74) is 2.49. The molecule has 0 aromatic heterocycles. The van der Waals surface area contributed by atoms with Crippen molar-refractivity contribution < 1.29 is 4.74 Å². The molecular formula is C17H18BrClO. The zero-order valence-electron chi connectivity index (χ0n) is 11.3. The molecule has 1 unspecified atom stereocenters. The van der Waals surface area contributed by atoms with Crippen LogP contribution in [0.15, 0.2) is 59.1 Å². The molecular weight excluding hydrogens is 336 g/mol. The Bertz CT molecular complexity index is 498. The smallest absolute Gasteiger partial charge is 0.0717 e. The van der Waals surface area contributed by atoms with Crippen LogP contribution in [0.25, 0.3) is 0 Å². The van der Waals surface area contributed by atoms with Crippen LogP contribution in [0.5, 0.6) is 0 Å². The van der Waals surface area contributed by atoms with Gasteiger partial charge in [0.15, 0.2) is 0 Å². The molecule has 2 aromatic carbocycles. The fraction of sp³-hybridized carbons (Fsp3) is 0.294. The van der Waals surface area contributed by atoms with E-state index < -0.39 is 0 Å². The van der Waals surface area contributed by atoms with Crippen LogP contribution in [0.4, 0.5) is 0 Å². The minimum absolute atomic E-state index is 0.349. The van der Waals surface area contributed by atoms with Crippen molar-refractivity contribution in [2.24, 2.45) is 5.92 Å². The van der Waals surface area contributed by atoms with Gasteiger partial charge in [-0.2, -0.15) is 0 Å². The molecule has 0 aliphatic rings. The SMILES string of the molecule is ClCC(COCc1ccccc1)Cc1ccc(Br)cc1. The standard InChI is InChI=1S/C17H18BrClO/c18-17-8-6-14(7-9-17)10-16(11-19)13-20-12-15-4-2-1-3-5-15/h1-9,16H,10-13H2. The summed E-state index contributed by atoms with van der Waals surface area (Å²) < 4.78 is 6.88. The van der Waals surface area contributed by atoms with E-state index in [2.05, 4.69) is 52.3 Å². The van der Waals surface area contributed by atoms with E-state index in [-0.39, 0.29) is 0 Å². The lowest BCUT2D eigenvalue weighted by atomic mass is 10.0. The molecule has 0 bridgehead atoms. The maximum absolute atomic E-state index is 6.04. The van der Waals surface area contributed by atoms with Crippen LogP contribution in [-0.4, -0.2) is 12.5 Å². The number of halogens is 2. The molecule has 2 aromatic rings. The monoisotopic (exact) mass is 352 g/mol. The third-order valence-corrected chi connectivity index (χ3v) is 4.09. The number of benzene rings is 2. The predicted octanol–water partition coefficient (Wildman–Crippen LogP) is 5.06. The molecule has 106 valence electrons. The van der Waals surface area contributed by atoms with E-state index in [0.717, 1.165) is 10.9 Å². The Hall–Kier alpha value is -0.830. The second-order valence-corrected chi connectivity index (χ2v) is 6.08. The molecule has 0 spiro atoms. The zero-order valence-corrected chi connectivity index (χ0v) is 13.6. The van der Waals surface area contributed by atoms with Gasteiger partial charge >= 0.3 is 0 Å². The van der Waals surface area contributed by atoms with E-state index >= 15 is 0 Å². The summed E-state index contributed by atoms with van der Waals surface area (Å²) in [6.45, 7) is 1.34. The summed E-state index contributed by atoms with van der Waals surface area (Å²) in [4.78, 5) is 0. The molecule has 0 amide bonds. The molecule has 1 nitrogen and oxygen atoms in total. The van der Waals surface area contributed by atoms with Crippen LogP contribution in [0.2, 0.25) is 0 Å². The molecule has 1 atom stereocenters. The number of rotatable bonds is 7. The van der Waals surface area contributed by atoms with Crippen molar-refractivity contribution in [3.8, 4) is 0 Å². The lowest BCUT2D eigenvalue weighted by Gasteiger charge is -2.14. The van der Waals surface area contributed by atoms with Crippen molar-refractivity contribution in [2.75, 3.05) is 12.5 Å². The van der Waals surface area contributed by atoms with Gasteiger partial charge in [0.2, 0.25) is 0 Å². The normalized spacial score (nSPS) is 12.3. The minimum Gasteiger partial charge on any atom is -0.376 e. The Balaban J connectivity index is 1.79. The third kappa shape index (κ3) is 5.28. The van der Waals surface area contributed by atoms with Crippen LogP contribution in [-0.2, 0) is 17.8 Å². The zero-order chi connectivity index (χ0) is 14.2. The maximum atomic E-state index is 6.04. The first kappa shape index (κ1) is 15.6. The van der Waals surface area contributed by atoms with Gasteiger partial charge in [0.25, 0.3) is 0 Å². The first-order valence-electron chi connectivity index (χ1n) is 6.70. The molecule has 0 saturated carbocycles. The Labute approximate surface area is 134 Å². The van der Waals surface area contributed by atoms with Crippen LogP contribution in [0.1, 0.15) is 11.1 Å². The average Bonchev–Trinajstić information content (AvgIpc) is 2.49. The van der Waals surface area contributed by atoms with Crippen molar-refractivity contribution >= 4 is 27.5 Å². The van der Waals surface area contributed by atoms with Crippen LogP contribution in [0.3, 0.4) is 0 Å². The van der Waals surface area contributed by atoms with Gasteiger partial charge in [0, 0.05) is 10.4 Å². The molecule has 0 fully saturated rings. The molecule has 20 heavy (non-hydrogen) atoms. The fourth-order valence-corrected chi connectivity index (χ4v) is 2.49. The Morgan fingerprint density at radius 1 is 0.950 bits per heavy atom. The van der Waals surface area contributed by atoms with E-state index in [9.17, 15) is 0 Å². The van der Waals surface area contributed by atoms with Crippen LogP contribution >= 0.6 is 27.5 Å². The van der Waals surface area contributed by atoms with Gasteiger partial charge in [-0.15, -0.1) is 11.6 Å². The summed E-state index contributed by atoms with van der Waals surface area (Å²) in [6.07, 6.45) is 0.950. The second kappa shape index (κ2) is 8.46. The van der Waals surface area contributed by atoms with E-state index in [1.54, 1.807) is 0 Å². The minimum atomic E-state index is 0.349. The Morgan fingerprint density at radius 3 is 2.30 bits per heavy atom. The van der Waals surface area contributed by atoms with E-state index in [4.69, 9.17) is 16.3 Å². The van der Waals surface area contributed by atoms with E-state index in [1.807, 2.05) is 18.2 Å². The van der Waals surface area contributed by atoms with Gasteiger partial charge in [-0.25, -0.2) is 0 Å². The Kier molecular flexibility index (Phi) is 6.58. The van der Waals surface area contributed by atoms with Crippen molar-refractivity contribution in [1.82, 2.24) is 0 Å². The molecule has 0 aliphatic heterocycles. The van der Waals surface area contributed by atoms with Gasteiger partial charge in [0.1, 0.15) is 0 Å². The summed E-state index contributed by atoms with van der Waals surface area (Å²) in [6, 6.07) is 18.6. The highest BCUT2D eigenvalue weighted by atomic mass is 79.9. The lowest BCUT2D eigenvalue weighted by molar-refractivity contribution is 0.0931. The van der Waals surface area contributed by atoms with Gasteiger partial charge < -0.3 is 4.74 Å². The third-order valence-electron chi connectivity index (χ3n) is 3.12. The highest BCUT2D eigenvalue weighted by molar-refractivity contribution is 9.10. The molecule has 0 radical (unpaired) electrons. The van der Waals surface area contributed by atoms with E-state index in [1.165, 1.54) is 11.1 Å². The predicted molar refractivity (Wildman–Crippen MR) is 88.2 cm³/mol. The van der Waals surface area contributed by atoms with Crippen molar-refractivity contribution in [1.29, 1.82) is 0 Å². The fourth-order valence-electron chi connectivity index (χ4n) is 2.03. The first-order valence-corrected chi connectivity index (χ1v) is 8.03. The van der Waals surface area contributed by atoms with Gasteiger partial charge in [-0.3, -0.25) is 0 Å². The van der Waals surface area contributed by atoms with Gasteiger partial charge in [-0.05, 0) is 35.6 Å². The summed E-state index contributed by atoms with van der Waals surface area (Å²) in [7, 11) is 0. The molecule has 0 heterocycles. The lowest BCUT2D eigenvalue weighted by Crippen LogP contribution is -2.14. The Morgan fingerprint density at radius 2 is 1.65 bits per heavy atom. The molecule has 2 rings (SSSR count).